The van der Waals surface area contributed by atoms with Gasteiger partial charge in [0.25, 0.3) is 5.91 Å². The number of hydrogen-bond acceptors (Lipinski definition) is 3. The van der Waals surface area contributed by atoms with E-state index in [0.29, 0.717) is 26.5 Å². The zero-order valence-corrected chi connectivity index (χ0v) is 18.0. The van der Waals surface area contributed by atoms with E-state index in [1.54, 1.807) is 24.3 Å². The van der Waals surface area contributed by atoms with Crippen LogP contribution in [0.15, 0.2) is 54.6 Å². The van der Waals surface area contributed by atoms with Crippen LogP contribution in [0.2, 0.25) is 10.0 Å². The Hall–Kier alpha value is -3.22. The lowest BCUT2D eigenvalue weighted by Crippen LogP contribution is -2.16. The highest BCUT2D eigenvalue weighted by atomic mass is 35.5. The summed E-state index contributed by atoms with van der Waals surface area (Å²) in [5.74, 6) is -2.18. The summed E-state index contributed by atoms with van der Waals surface area (Å²) in [4.78, 5) is 24.8. The zero-order valence-electron chi connectivity index (χ0n) is 16.5. The fourth-order valence-electron chi connectivity index (χ4n) is 3.92. The largest absolute Gasteiger partial charge is 0.478 e. The Labute approximate surface area is 192 Å². The summed E-state index contributed by atoms with van der Waals surface area (Å²) >= 11 is 12.8. The lowest BCUT2D eigenvalue weighted by molar-refractivity contribution is 0.0696. The van der Waals surface area contributed by atoms with Gasteiger partial charge in [-0.15, -0.1) is 0 Å². The molecule has 1 heterocycles. The average Bonchev–Trinajstić information content (AvgIpc) is 3.54. The van der Waals surface area contributed by atoms with Crippen LogP contribution in [-0.4, -0.2) is 26.8 Å². The highest BCUT2D eigenvalue weighted by Gasteiger charge is 2.31. The number of carboxylic acid groups (broad SMARTS) is 1. The maximum Gasteiger partial charge on any atom is 0.335 e. The van der Waals surface area contributed by atoms with Crippen LogP contribution in [-0.2, 0) is 0 Å². The molecule has 3 aromatic carbocycles. The smallest absolute Gasteiger partial charge is 0.335 e. The van der Waals surface area contributed by atoms with Crippen LogP contribution in [0.4, 0.5) is 4.39 Å². The van der Waals surface area contributed by atoms with Gasteiger partial charge in [-0.3, -0.25) is 4.79 Å². The van der Waals surface area contributed by atoms with Crippen molar-refractivity contribution in [2.24, 2.45) is 0 Å². The van der Waals surface area contributed by atoms with E-state index in [-0.39, 0.29) is 22.7 Å². The van der Waals surface area contributed by atoms with Gasteiger partial charge < -0.3 is 5.11 Å². The van der Waals surface area contributed by atoms with E-state index in [1.807, 2.05) is 12.1 Å². The fraction of sp³-hybridized carbons (Fsp3) is 0.125. The van der Waals surface area contributed by atoms with Crippen molar-refractivity contribution in [3.8, 4) is 11.3 Å². The van der Waals surface area contributed by atoms with E-state index >= 15 is 0 Å². The van der Waals surface area contributed by atoms with Crippen molar-refractivity contribution in [3.05, 3.63) is 87.2 Å². The molecular weight excluding hydrogens is 454 g/mol. The quantitative estimate of drug-likeness (QED) is 0.375. The first kappa shape index (κ1) is 20.7. The molecule has 160 valence electrons. The van der Waals surface area contributed by atoms with Crippen LogP contribution in [0.5, 0.6) is 0 Å². The molecule has 0 radical (unpaired) electrons. The van der Waals surface area contributed by atoms with E-state index < -0.39 is 17.7 Å². The number of fused-ring (bicyclic) bond motifs is 1. The molecule has 5 nitrogen and oxygen atoms in total. The SMILES string of the molecule is O=C(O)c1ccc(-c2nn(C(=O)c3c(Cl)cccc3C3CC3)c3cccc(Cl)c23)c(F)c1. The Morgan fingerprint density at radius 1 is 1.03 bits per heavy atom. The third-order valence-electron chi connectivity index (χ3n) is 5.60. The van der Waals surface area contributed by atoms with Crippen LogP contribution in [0.1, 0.15) is 45.0 Å². The normalized spacial score (nSPS) is 13.5. The molecule has 1 aromatic heterocycles. The van der Waals surface area contributed by atoms with Gasteiger partial charge in [0, 0.05) is 10.9 Å². The Morgan fingerprint density at radius 3 is 2.44 bits per heavy atom. The van der Waals surface area contributed by atoms with Crippen molar-refractivity contribution in [1.29, 1.82) is 0 Å². The molecule has 1 fully saturated rings. The Bertz CT molecular complexity index is 1430. The molecule has 8 heteroatoms. The van der Waals surface area contributed by atoms with Gasteiger partial charge in [-0.05, 0) is 60.7 Å². The lowest BCUT2D eigenvalue weighted by atomic mass is 10.0. The minimum atomic E-state index is -1.25. The highest BCUT2D eigenvalue weighted by Crippen LogP contribution is 2.44. The number of aromatic nitrogens is 2. The highest BCUT2D eigenvalue weighted by molar-refractivity contribution is 6.37. The van der Waals surface area contributed by atoms with Crippen molar-refractivity contribution < 1.29 is 19.1 Å². The monoisotopic (exact) mass is 468 g/mol. The number of rotatable bonds is 4. The summed E-state index contributed by atoms with van der Waals surface area (Å²) in [6.07, 6.45) is 1.97. The van der Waals surface area contributed by atoms with Gasteiger partial charge >= 0.3 is 5.97 Å². The van der Waals surface area contributed by atoms with Gasteiger partial charge in [0.2, 0.25) is 0 Å². The topological polar surface area (TPSA) is 72.2 Å². The number of carbonyl (C=O) groups excluding carboxylic acids is 1. The van der Waals surface area contributed by atoms with E-state index in [9.17, 15) is 14.0 Å². The molecule has 5 rings (SSSR count). The summed E-state index contributed by atoms with van der Waals surface area (Å²) in [5, 5.41) is 14.6. The maximum absolute atomic E-state index is 14.9. The fourth-order valence-corrected chi connectivity index (χ4v) is 4.44. The van der Waals surface area contributed by atoms with Crippen molar-refractivity contribution in [2.75, 3.05) is 0 Å². The molecule has 1 aliphatic rings. The standard InChI is InChI=1S/C24H15Cl2FN2O3/c25-16-4-1-3-14(12-7-8-12)20(16)23(30)29-19-6-2-5-17(26)21(19)22(28-29)15-10-9-13(24(31)32)11-18(15)27/h1-6,9-12H,7-8H2,(H,31,32). The minimum Gasteiger partial charge on any atom is -0.478 e. The number of hydrogen-bond donors (Lipinski definition) is 1. The first-order valence-corrected chi connectivity index (χ1v) is 10.7. The lowest BCUT2D eigenvalue weighted by Gasteiger charge is -2.10. The van der Waals surface area contributed by atoms with Crippen molar-refractivity contribution >= 4 is 46.0 Å². The van der Waals surface area contributed by atoms with Gasteiger partial charge in [-0.25, -0.2) is 9.18 Å². The number of benzene rings is 3. The summed E-state index contributed by atoms with van der Waals surface area (Å²) in [6, 6.07) is 13.9. The predicted molar refractivity (Wildman–Crippen MR) is 120 cm³/mol. The van der Waals surface area contributed by atoms with Gasteiger partial charge in [-0.1, -0.05) is 41.4 Å². The Kier molecular flexibility index (Phi) is 4.99. The summed E-state index contributed by atoms with van der Waals surface area (Å²) in [5.41, 5.74) is 1.64. The first-order valence-electron chi connectivity index (χ1n) is 9.90. The maximum atomic E-state index is 14.9. The molecule has 1 N–H and O–H groups in total. The van der Waals surface area contributed by atoms with Crippen molar-refractivity contribution in [1.82, 2.24) is 9.78 Å². The second kappa shape index (κ2) is 7.73. The number of carbonyl (C=O) groups is 2. The van der Waals surface area contributed by atoms with Crippen molar-refractivity contribution in [2.45, 2.75) is 18.8 Å². The van der Waals surface area contributed by atoms with Crippen LogP contribution in [0.3, 0.4) is 0 Å². The second-order valence-electron chi connectivity index (χ2n) is 7.68. The van der Waals surface area contributed by atoms with Crippen molar-refractivity contribution in [3.63, 3.8) is 0 Å². The van der Waals surface area contributed by atoms with E-state index in [4.69, 9.17) is 28.3 Å². The predicted octanol–water partition coefficient (Wildman–Crippen LogP) is 6.41. The third kappa shape index (κ3) is 3.36. The van der Waals surface area contributed by atoms with E-state index in [0.717, 1.165) is 24.5 Å². The zero-order chi connectivity index (χ0) is 22.6. The molecule has 1 aliphatic carbocycles. The number of halogens is 3. The van der Waals surface area contributed by atoms with Gasteiger partial charge in [0.15, 0.2) is 0 Å². The average molecular weight is 469 g/mol. The molecule has 0 saturated heterocycles. The molecule has 0 aliphatic heterocycles. The molecular formula is C24H15Cl2FN2O3. The molecule has 0 atom stereocenters. The van der Waals surface area contributed by atoms with Crippen LogP contribution >= 0.6 is 23.2 Å². The van der Waals surface area contributed by atoms with Crippen LogP contribution in [0.25, 0.3) is 22.2 Å². The van der Waals surface area contributed by atoms with Gasteiger partial charge in [0.1, 0.15) is 11.5 Å². The molecule has 0 bridgehead atoms. The first-order chi connectivity index (χ1) is 15.4. The Balaban J connectivity index is 1.73. The number of aromatic carboxylic acids is 1. The number of nitrogens with zero attached hydrogens (tertiary/aromatic N) is 2. The number of carboxylic acids is 1. The molecule has 4 aromatic rings. The summed E-state index contributed by atoms with van der Waals surface area (Å²) in [7, 11) is 0. The third-order valence-corrected chi connectivity index (χ3v) is 6.23. The molecule has 0 spiro atoms. The molecule has 0 amide bonds. The summed E-state index contributed by atoms with van der Waals surface area (Å²) < 4.78 is 16.1. The molecule has 0 unspecified atom stereocenters. The van der Waals surface area contributed by atoms with Crippen LogP contribution < -0.4 is 0 Å². The minimum absolute atomic E-state index is 0.0428. The molecule has 1 saturated carbocycles. The molecule has 32 heavy (non-hydrogen) atoms. The van der Waals surface area contributed by atoms with Crippen LogP contribution in [0, 0.1) is 5.82 Å². The summed E-state index contributed by atoms with van der Waals surface area (Å²) in [6.45, 7) is 0. The van der Waals surface area contributed by atoms with E-state index in [1.165, 1.54) is 16.8 Å². The Morgan fingerprint density at radius 2 is 1.75 bits per heavy atom. The van der Waals surface area contributed by atoms with E-state index in [2.05, 4.69) is 5.10 Å². The van der Waals surface area contributed by atoms with Gasteiger partial charge in [-0.2, -0.15) is 9.78 Å². The van der Waals surface area contributed by atoms with Gasteiger partial charge in [0.05, 0.1) is 26.7 Å². The second-order valence-corrected chi connectivity index (χ2v) is 8.49.